The van der Waals surface area contributed by atoms with Crippen LogP contribution >= 0.6 is 0 Å². The van der Waals surface area contributed by atoms with Gasteiger partial charge in [-0.05, 0) is 13.8 Å². The van der Waals surface area contributed by atoms with Crippen LogP contribution in [0.15, 0.2) is 0 Å². The first-order valence-electron chi connectivity index (χ1n) is 4.51. The fourth-order valence-corrected chi connectivity index (χ4v) is 0.644. The molecule has 15 heavy (non-hydrogen) atoms. The Morgan fingerprint density at radius 3 is 1.40 bits per heavy atom. The van der Waals surface area contributed by atoms with E-state index in [4.69, 9.17) is 5.11 Å². The van der Waals surface area contributed by atoms with Crippen molar-refractivity contribution in [1.82, 2.24) is 0 Å². The van der Waals surface area contributed by atoms with Gasteiger partial charge in [-0.15, -0.1) is 0 Å². The normalized spacial score (nSPS) is 8.47. The summed E-state index contributed by atoms with van der Waals surface area (Å²) in [5.74, 6) is -1.39. The number of carboxylic acids is 1. The van der Waals surface area contributed by atoms with Gasteiger partial charge >= 0.3 is 5.97 Å². The van der Waals surface area contributed by atoms with E-state index in [1.165, 1.54) is 13.8 Å². The summed E-state index contributed by atoms with van der Waals surface area (Å²) in [6, 6.07) is 0. The number of aliphatic carboxylic acids is 1. The maximum absolute atomic E-state index is 10.2. The van der Waals surface area contributed by atoms with Crippen molar-refractivity contribution in [3.63, 3.8) is 0 Å². The molecule has 0 aromatic heterocycles. The van der Waals surface area contributed by atoms with Gasteiger partial charge in [0.2, 0.25) is 0 Å². The van der Waals surface area contributed by atoms with Crippen LogP contribution in [0.1, 0.15) is 40.0 Å². The van der Waals surface area contributed by atoms with Crippen LogP contribution in [0.5, 0.6) is 0 Å². The third-order valence-corrected chi connectivity index (χ3v) is 1.24. The van der Waals surface area contributed by atoms with Gasteiger partial charge in [0.15, 0.2) is 0 Å². The van der Waals surface area contributed by atoms with Gasteiger partial charge in [-0.2, -0.15) is 0 Å². The first-order valence-corrected chi connectivity index (χ1v) is 4.51. The van der Waals surface area contributed by atoms with Crippen LogP contribution in [0.25, 0.3) is 0 Å². The molecule has 5 nitrogen and oxygen atoms in total. The van der Waals surface area contributed by atoms with Gasteiger partial charge in [0.25, 0.3) is 0 Å². The number of hydrogen-bond acceptors (Lipinski definition) is 4. The minimum absolute atomic E-state index is 0.0625. The largest absolute Gasteiger partial charge is 0.481 e. The summed E-state index contributed by atoms with van der Waals surface area (Å²) >= 11 is 0. The Kier molecular flexibility index (Phi) is 9.61. The summed E-state index contributed by atoms with van der Waals surface area (Å²) in [6.45, 7) is 4.45. The van der Waals surface area contributed by atoms with Crippen LogP contribution in [0.2, 0.25) is 0 Å². The molecule has 0 aliphatic carbocycles. The summed E-state index contributed by atoms with van der Waals surface area (Å²) in [7, 11) is 0. The molecule has 0 aromatic carbocycles. The quantitative estimate of drug-likeness (QED) is 0.692. The molecule has 0 unspecified atom stereocenters. The fraction of sp³-hybridized carbons (Fsp3) is 0.600. The van der Waals surface area contributed by atoms with Gasteiger partial charge in [0.05, 0.1) is 6.42 Å². The average Bonchev–Trinajstić information content (AvgIpc) is 2.01. The van der Waals surface area contributed by atoms with Gasteiger partial charge < -0.3 is 5.11 Å². The van der Waals surface area contributed by atoms with Crippen LogP contribution in [0.4, 0.5) is 0 Å². The first-order chi connectivity index (χ1) is 6.79. The van der Waals surface area contributed by atoms with Crippen LogP contribution < -0.4 is 0 Å². The maximum atomic E-state index is 10.2. The van der Waals surface area contributed by atoms with Gasteiger partial charge in [0, 0.05) is 6.42 Å². The Hall–Kier alpha value is -1.52. The van der Waals surface area contributed by atoms with E-state index in [2.05, 4.69) is 0 Å². The molecular weight excluding hydrogens is 200 g/mol. The van der Waals surface area contributed by atoms with E-state index >= 15 is 0 Å². The van der Waals surface area contributed by atoms with E-state index in [1.54, 1.807) is 6.92 Å². The second-order valence-electron chi connectivity index (χ2n) is 3.04. The molecule has 0 aliphatic rings. The van der Waals surface area contributed by atoms with Crippen LogP contribution in [-0.2, 0) is 19.2 Å². The third-order valence-electron chi connectivity index (χ3n) is 1.24. The summed E-state index contributed by atoms with van der Waals surface area (Å²) in [6.07, 6.45) is 0.0583. The topological polar surface area (TPSA) is 88.5 Å². The van der Waals surface area contributed by atoms with E-state index < -0.39 is 5.97 Å². The van der Waals surface area contributed by atoms with Crippen molar-refractivity contribution >= 4 is 23.3 Å². The van der Waals surface area contributed by atoms with Gasteiger partial charge in [-0.3, -0.25) is 19.2 Å². The first kappa shape index (κ1) is 15.9. The van der Waals surface area contributed by atoms with Crippen LogP contribution in [-0.4, -0.2) is 28.4 Å². The zero-order valence-electron chi connectivity index (χ0n) is 9.20. The molecule has 0 aromatic rings. The van der Waals surface area contributed by atoms with Crippen molar-refractivity contribution in [2.45, 2.75) is 40.0 Å². The molecule has 1 N–H and O–H groups in total. The van der Waals surface area contributed by atoms with Crippen molar-refractivity contribution in [3.05, 3.63) is 0 Å². The second kappa shape index (κ2) is 9.05. The zero-order chi connectivity index (χ0) is 12.4. The van der Waals surface area contributed by atoms with E-state index in [-0.39, 0.29) is 30.2 Å². The molecule has 0 saturated heterocycles. The lowest BCUT2D eigenvalue weighted by Gasteiger charge is -1.86. The number of rotatable bonds is 5. The molecule has 0 atom stereocenters. The van der Waals surface area contributed by atoms with Gasteiger partial charge in [-0.25, -0.2) is 0 Å². The number of carboxylic acid groups (broad SMARTS) is 1. The molecule has 86 valence electrons. The predicted molar refractivity (Wildman–Crippen MR) is 53.5 cm³/mol. The summed E-state index contributed by atoms with van der Waals surface area (Å²) < 4.78 is 0. The Morgan fingerprint density at radius 2 is 1.33 bits per heavy atom. The molecule has 0 heterocycles. The molecule has 0 radical (unpaired) electrons. The van der Waals surface area contributed by atoms with Crippen LogP contribution in [0, 0.1) is 0 Å². The standard InChI is InChI=1S/C5H8O3.C5H8O2/c1-2-4(6)3-5(7)8;1-4(6)3-5(2)7/h2-3H2,1H3,(H,7,8);3H2,1-2H3. The van der Waals surface area contributed by atoms with E-state index in [0.717, 1.165) is 0 Å². The highest BCUT2D eigenvalue weighted by atomic mass is 16.4. The Balaban J connectivity index is 0. The molecule has 0 spiro atoms. The number of ketones is 3. The number of Topliss-reactive ketones (excluding diaryl/α,β-unsaturated/α-hetero) is 3. The minimum Gasteiger partial charge on any atom is -0.481 e. The fourth-order valence-electron chi connectivity index (χ4n) is 0.644. The molecule has 0 aliphatic heterocycles. The van der Waals surface area contributed by atoms with Crippen molar-refractivity contribution in [2.24, 2.45) is 0 Å². The van der Waals surface area contributed by atoms with Crippen molar-refractivity contribution in [1.29, 1.82) is 0 Å². The summed E-state index contributed by atoms with van der Waals surface area (Å²) in [5.41, 5.74) is 0. The smallest absolute Gasteiger partial charge is 0.310 e. The molecule has 0 amide bonds. The molecular formula is C10H16O5. The van der Waals surface area contributed by atoms with Crippen molar-refractivity contribution < 1.29 is 24.3 Å². The van der Waals surface area contributed by atoms with E-state index in [1.807, 2.05) is 0 Å². The van der Waals surface area contributed by atoms with E-state index in [0.29, 0.717) is 6.42 Å². The average molecular weight is 216 g/mol. The molecule has 0 fully saturated rings. The van der Waals surface area contributed by atoms with Crippen molar-refractivity contribution in [3.8, 4) is 0 Å². The third kappa shape index (κ3) is 19.1. The summed E-state index contributed by atoms with van der Waals surface area (Å²) in [5, 5.41) is 7.99. The Labute approximate surface area is 88.5 Å². The predicted octanol–water partition coefficient (Wildman–Crippen LogP) is 0.995. The lowest BCUT2D eigenvalue weighted by Crippen LogP contribution is -2.04. The number of carbonyl (C=O) groups is 4. The molecule has 0 saturated carbocycles. The number of carbonyl (C=O) groups excluding carboxylic acids is 3. The zero-order valence-corrected chi connectivity index (χ0v) is 9.20. The monoisotopic (exact) mass is 216 g/mol. The van der Waals surface area contributed by atoms with E-state index in [9.17, 15) is 19.2 Å². The Bertz CT molecular complexity index is 243. The molecule has 0 rings (SSSR count). The highest BCUT2D eigenvalue weighted by Crippen LogP contribution is 1.86. The minimum atomic E-state index is -1.04. The van der Waals surface area contributed by atoms with Gasteiger partial charge in [0.1, 0.15) is 23.8 Å². The summed E-state index contributed by atoms with van der Waals surface area (Å²) in [4.78, 5) is 40.1. The highest BCUT2D eigenvalue weighted by Gasteiger charge is 2.02. The highest BCUT2D eigenvalue weighted by molar-refractivity contribution is 5.96. The van der Waals surface area contributed by atoms with Gasteiger partial charge in [-0.1, -0.05) is 6.92 Å². The van der Waals surface area contributed by atoms with Crippen LogP contribution in [0.3, 0.4) is 0 Å². The lowest BCUT2D eigenvalue weighted by molar-refractivity contribution is -0.140. The Morgan fingerprint density at radius 1 is 0.933 bits per heavy atom. The molecule has 0 bridgehead atoms. The molecule has 5 heteroatoms. The van der Waals surface area contributed by atoms with Crippen molar-refractivity contribution in [2.75, 3.05) is 0 Å². The number of hydrogen-bond donors (Lipinski definition) is 1. The lowest BCUT2D eigenvalue weighted by atomic mass is 10.2. The SMILES string of the molecule is CC(=O)CC(C)=O.CCC(=O)CC(=O)O. The maximum Gasteiger partial charge on any atom is 0.310 e. The second-order valence-corrected chi connectivity index (χ2v) is 3.04.